The molecule has 0 aromatic carbocycles. The van der Waals surface area contributed by atoms with Crippen molar-refractivity contribution in [3.63, 3.8) is 0 Å². The van der Waals surface area contributed by atoms with E-state index in [9.17, 15) is 0 Å². The molecule has 2 rings (SSSR count). The lowest BCUT2D eigenvalue weighted by Crippen LogP contribution is -2.40. The number of ether oxygens (including phenoxy) is 1. The quantitative estimate of drug-likeness (QED) is 0.830. The van der Waals surface area contributed by atoms with E-state index in [4.69, 9.17) is 10.5 Å². The zero-order valence-electron chi connectivity index (χ0n) is 9.77. The molecule has 2 fully saturated rings. The van der Waals surface area contributed by atoms with Crippen LogP contribution in [0.15, 0.2) is 0 Å². The smallest absolute Gasteiger partial charge is 0.0594 e. The topological polar surface area (TPSA) is 38.5 Å². The first-order valence-electron chi connectivity index (χ1n) is 5.90. The van der Waals surface area contributed by atoms with Gasteiger partial charge in [-0.2, -0.15) is 0 Å². The van der Waals surface area contributed by atoms with Crippen molar-refractivity contribution < 1.29 is 4.74 Å². The molecule has 2 aliphatic rings. The van der Waals surface area contributed by atoms with E-state index in [1.54, 1.807) is 0 Å². The molecule has 0 atom stereocenters. The van der Waals surface area contributed by atoms with E-state index < -0.39 is 0 Å². The summed E-state index contributed by atoms with van der Waals surface area (Å²) in [5.74, 6) is 0.896. The van der Waals surface area contributed by atoms with Gasteiger partial charge in [-0.25, -0.2) is 0 Å². The Morgan fingerprint density at radius 1 is 1.00 bits per heavy atom. The average Bonchev–Trinajstić information content (AvgIpc) is 2.23. The van der Waals surface area contributed by atoms with Gasteiger partial charge in [-0.3, -0.25) is 4.90 Å². The summed E-state index contributed by atoms with van der Waals surface area (Å²) in [6.07, 6.45) is 5.13. The standard InChI is InChI=1S/C11H22N2O.2ClH/c12-11-3-1-10(2-4-11)9-13-5-7-14-8-6-13;;/h10-11H,1-9,12H2;2*1H/t10-,11-;;. The van der Waals surface area contributed by atoms with E-state index in [-0.39, 0.29) is 24.8 Å². The molecule has 0 bridgehead atoms. The van der Waals surface area contributed by atoms with Crippen molar-refractivity contribution in [2.24, 2.45) is 11.7 Å². The van der Waals surface area contributed by atoms with Crippen LogP contribution in [0.5, 0.6) is 0 Å². The summed E-state index contributed by atoms with van der Waals surface area (Å²) in [7, 11) is 0. The van der Waals surface area contributed by atoms with Crippen molar-refractivity contribution in [3.05, 3.63) is 0 Å². The van der Waals surface area contributed by atoms with Crippen LogP contribution in [0, 0.1) is 5.92 Å². The van der Waals surface area contributed by atoms with Gasteiger partial charge in [0.15, 0.2) is 0 Å². The van der Waals surface area contributed by atoms with Gasteiger partial charge in [0.05, 0.1) is 13.2 Å². The minimum Gasteiger partial charge on any atom is -0.379 e. The first kappa shape index (κ1) is 16.5. The van der Waals surface area contributed by atoms with Crippen LogP contribution in [-0.4, -0.2) is 43.8 Å². The highest BCUT2D eigenvalue weighted by Crippen LogP contribution is 2.24. The van der Waals surface area contributed by atoms with Gasteiger partial charge >= 0.3 is 0 Å². The second kappa shape index (κ2) is 8.54. The van der Waals surface area contributed by atoms with Crippen LogP contribution < -0.4 is 5.73 Å². The van der Waals surface area contributed by atoms with Crippen molar-refractivity contribution in [2.75, 3.05) is 32.8 Å². The van der Waals surface area contributed by atoms with E-state index in [1.807, 2.05) is 0 Å². The SMILES string of the molecule is Cl.Cl.N[C@H]1CC[C@H](CN2CCOCC2)CC1. The molecule has 0 radical (unpaired) electrons. The summed E-state index contributed by atoms with van der Waals surface area (Å²) in [6, 6.07) is 0.482. The Labute approximate surface area is 111 Å². The second-order valence-electron chi connectivity index (χ2n) is 4.69. The first-order valence-corrected chi connectivity index (χ1v) is 5.90. The van der Waals surface area contributed by atoms with Crippen molar-refractivity contribution in [3.8, 4) is 0 Å². The normalized spacial score (nSPS) is 31.3. The summed E-state index contributed by atoms with van der Waals surface area (Å²) in [5.41, 5.74) is 5.90. The van der Waals surface area contributed by atoms with Gasteiger partial charge in [0, 0.05) is 25.7 Å². The van der Waals surface area contributed by atoms with Gasteiger partial charge in [0.25, 0.3) is 0 Å². The van der Waals surface area contributed by atoms with Gasteiger partial charge in [0.2, 0.25) is 0 Å². The van der Waals surface area contributed by atoms with Crippen LogP contribution in [-0.2, 0) is 4.74 Å². The van der Waals surface area contributed by atoms with E-state index >= 15 is 0 Å². The third-order valence-corrected chi connectivity index (χ3v) is 3.51. The predicted octanol–water partition coefficient (Wildman–Crippen LogP) is 1.68. The summed E-state index contributed by atoms with van der Waals surface area (Å²) in [6.45, 7) is 5.37. The molecule has 0 unspecified atom stereocenters. The largest absolute Gasteiger partial charge is 0.379 e. The molecule has 3 nitrogen and oxygen atoms in total. The van der Waals surface area contributed by atoms with E-state index in [0.717, 1.165) is 32.2 Å². The van der Waals surface area contributed by atoms with Crippen LogP contribution in [0.1, 0.15) is 25.7 Å². The maximum Gasteiger partial charge on any atom is 0.0594 e. The fourth-order valence-electron chi connectivity index (χ4n) is 2.52. The molecule has 0 aromatic heterocycles. The molecule has 1 aliphatic heterocycles. The maximum absolute atomic E-state index is 5.90. The summed E-state index contributed by atoms with van der Waals surface area (Å²) in [4.78, 5) is 2.55. The number of nitrogens with zero attached hydrogens (tertiary/aromatic N) is 1. The molecule has 1 heterocycles. The number of rotatable bonds is 2. The van der Waals surface area contributed by atoms with Crippen molar-refractivity contribution >= 4 is 24.8 Å². The lowest BCUT2D eigenvalue weighted by Gasteiger charge is -2.33. The van der Waals surface area contributed by atoms with Crippen molar-refractivity contribution in [2.45, 2.75) is 31.7 Å². The van der Waals surface area contributed by atoms with Crippen LogP contribution in [0.3, 0.4) is 0 Å². The third-order valence-electron chi connectivity index (χ3n) is 3.51. The molecular formula is C11H24Cl2N2O. The second-order valence-corrected chi connectivity index (χ2v) is 4.69. The number of morpholine rings is 1. The van der Waals surface area contributed by atoms with Gasteiger partial charge in [-0.15, -0.1) is 24.8 Å². The molecule has 0 aromatic rings. The van der Waals surface area contributed by atoms with Crippen LogP contribution in [0.4, 0.5) is 0 Å². The lowest BCUT2D eigenvalue weighted by molar-refractivity contribution is 0.0274. The first-order chi connectivity index (χ1) is 6.84. The third kappa shape index (κ3) is 5.19. The molecule has 0 spiro atoms. The van der Waals surface area contributed by atoms with Gasteiger partial charge in [0.1, 0.15) is 0 Å². The number of nitrogens with two attached hydrogens (primary N) is 1. The van der Waals surface area contributed by atoms with Gasteiger partial charge in [-0.1, -0.05) is 0 Å². The summed E-state index contributed by atoms with van der Waals surface area (Å²) < 4.78 is 5.34. The molecular weight excluding hydrogens is 247 g/mol. The van der Waals surface area contributed by atoms with Crippen molar-refractivity contribution in [1.82, 2.24) is 4.90 Å². The van der Waals surface area contributed by atoms with E-state index in [1.165, 1.54) is 32.2 Å². The monoisotopic (exact) mass is 270 g/mol. The van der Waals surface area contributed by atoms with E-state index in [0.29, 0.717) is 6.04 Å². The number of hydrogen-bond acceptors (Lipinski definition) is 3. The van der Waals surface area contributed by atoms with Gasteiger partial charge < -0.3 is 10.5 Å². The maximum atomic E-state index is 5.90. The average molecular weight is 271 g/mol. The fraction of sp³-hybridized carbons (Fsp3) is 1.00. The van der Waals surface area contributed by atoms with Gasteiger partial charge in [-0.05, 0) is 31.6 Å². The number of hydrogen-bond donors (Lipinski definition) is 1. The Hall–Kier alpha value is 0.460. The summed E-state index contributed by atoms with van der Waals surface area (Å²) in [5, 5.41) is 0. The van der Waals surface area contributed by atoms with E-state index in [2.05, 4.69) is 4.90 Å². The lowest BCUT2D eigenvalue weighted by atomic mass is 9.86. The molecule has 16 heavy (non-hydrogen) atoms. The Bertz CT molecular complexity index is 169. The Morgan fingerprint density at radius 3 is 2.12 bits per heavy atom. The molecule has 1 aliphatic carbocycles. The highest BCUT2D eigenvalue weighted by Gasteiger charge is 2.21. The molecule has 5 heteroatoms. The Kier molecular flexibility index (Phi) is 8.78. The molecule has 1 saturated heterocycles. The predicted molar refractivity (Wildman–Crippen MR) is 71.7 cm³/mol. The minimum atomic E-state index is 0. The minimum absolute atomic E-state index is 0. The zero-order valence-corrected chi connectivity index (χ0v) is 11.4. The molecule has 98 valence electrons. The van der Waals surface area contributed by atoms with Crippen LogP contribution >= 0.6 is 24.8 Å². The molecule has 2 N–H and O–H groups in total. The zero-order chi connectivity index (χ0) is 9.80. The van der Waals surface area contributed by atoms with Crippen LogP contribution in [0.2, 0.25) is 0 Å². The van der Waals surface area contributed by atoms with Crippen molar-refractivity contribution in [1.29, 1.82) is 0 Å². The Morgan fingerprint density at radius 2 is 1.56 bits per heavy atom. The highest BCUT2D eigenvalue weighted by molar-refractivity contribution is 5.85. The Balaban J connectivity index is 0.00000112. The molecule has 0 amide bonds. The summed E-state index contributed by atoms with van der Waals surface area (Å²) >= 11 is 0. The van der Waals surface area contributed by atoms with Crippen LogP contribution in [0.25, 0.3) is 0 Å². The fourth-order valence-corrected chi connectivity index (χ4v) is 2.52. The highest BCUT2D eigenvalue weighted by atomic mass is 35.5. The number of halogens is 2. The molecule has 1 saturated carbocycles.